The van der Waals surface area contributed by atoms with Crippen LogP contribution in [0.2, 0.25) is 10.0 Å². The molecule has 0 aromatic heterocycles. The van der Waals surface area contributed by atoms with Crippen molar-refractivity contribution in [1.29, 1.82) is 0 Å². The summed E-state index contributed by atoms with van der Waals surface area (Å²) in [7, 11) is 0. The third kappa shape index (κ3) is 2.53. The molecule has 0 saturated heterocycles. The molecule has 0 aliphatic carbocycles. The average Bonchev–Trinajstić information content (AvgIpc) is 2.19. The van der Waals surface area contributed by atoms with Crippen molar-refractivity contribution in [2.24, 2.45) is 0 Å². The van der Waals surface area contributed by atoms with E-state index < -0.39 is 0 Å². The summed E-state index contributed by atoms with van der Waals surface area (Å²) < 4.78 is 1.20. The Kier molecular flexibility index (Phi) is 3.77. The maximum absolute atomic E-state index is 6.19. The molecule has 0 unspecified atom stereocenters. The van der Waals surface area contributed by atoms with Crippen LogP contribution >= 0.6 is 45.8 Å². The Bertz CT molecular complexity index is 486. The van der Waals surface area contributed by atoms with E-state index in [9.17, 15) is 0 Å². The second-order valence-electron chi connectivity index (χ2n) is 3.61. The Hall–Kier alpha value is -0.250. The zero-order valence-corrected chi connectivity index (χ0v) is 12.3. The molecule has 82 valence electrons. The van der Waals surface area contributed by atoms with Crippen molar-refractivity contribution in [3.05, 3.63) is 55.6 Å². The van der Waals surface area contributed by atoms with Gasteiger partial charge >= 0.3 is 0 Å². The molecule has 0 aliphatic heterocycles. The molecule has 0 bridgehead atoms. The van der Waals surface area contributed by atoms with Crippen LogP contribution in [0.5, 0.6) is 0 Å². The Morgan fingerprint density at radius 2 is 1.62 bits per heavy atom. The van der Waals surface area contributed by atoms with E-state index in [0.717, 1.165) is 11.1 Å². The predicted molar refractivity (Wildman–Crippen MR) is 79.4 cm³/mol. The monoisotopic (exact) mass is 362 g/mol. The Morgan fingerprint density at radius 3 is 2.25 bits per heavy atom. The van der Waals surface area contributed by atoms with Crippen LogP contribution in [0, 0.1) is 10.5 Å². The van der Waals surface area contributed by atoms with Crippen LogP contribution in [0.25, 0.3) is 11.1 Å². The van der Waals surface area contributed by atoms with Gasteiger partial charge in [0.15, 0.2) is 0 Å². The normalized spacial score (nSPS) is 10.5. The molecule has 2 aromatic rings. The Balaban J connectivity index is 2.59. The number of rotatable bonds is 1. The largest absolute Gasteiger partial charge is 0.0843 e. The molecule has 0 heterocycles. The standard InChI is InChI=1S/C13H9Cl2I/c1-8-2-4-11(13(16)6-8)10-5-3-9(14)7-12(10)15/h2-7H,1H3. The molecule has 0 radical (unpaired) electrons. The summed E-state index contributed by atoms with van der Waals surface area (Å²) in [4.78, 5) is 0. The minimum absolute atomic E-state index is 0.663. The van der Waals surface area contributed by atoms with E-state index in [0.29, 0.717) is 10.0 Å². The van der Waals surface area contributed by atoms with Gasteiger partial charge in [0.05, 0.1) is 0 Å². The van der Waals surface area contributed by atoms with Gasteiger partial charge in [-0.05, 0) is 53.3 Å². The first kappa shape index (κ1) is 12.2. The molecule has 3 heteroatoms. The molecule has 16 heavy (non-hydrogen) atoms. The second kappa shape index (κ2) is 4.94. The third-order valence-electron chi connectivity index (χ3n) is 2.35. The molecule has 0 saturated carbocycles. The Labute approximate surface area is 119 Å². The lowest BCUT2D eigenvalue weighted by Crippen LogP contribution is -1.85. The molecule has 0 N–H and O–H groups in total. The lowest BCUT2D eigenvalue weighted by Gasteiger charge is -2.08. The molecule has 0 amide bonds. The van der Waals surface area contributed by atoms with E-state index in [1.807, 2.05) is 12.1 Å². The fraction of sp³-hybridized carbons (Fsp3) is 0.0769. The van der Waals surface area contributed by atoms with Crippen LogP contribution in [0.1, 0.15) is 5.56 Å². The van der Waals surface area contributed by atoms with Gasteiger partial charge in [-0.25, -0.2) is 0 Å². The first-order chi connectivity index (χ1) is 7.58. The molecule has 2 rings (SSSR count). The lowest BCUT2D eigenvalue weighted by molar-refractivity contribution is 1.44. The van der Waals surface area contributed by atoms with Gasteiger partial charge < -0.3 is 0 Å². The van der Waals surface area contributed by atoms with Gasteiger partial charge in [0.2, 0.25) is 0 Å². The predicted octanol–water partition coefficient (Wildman–Crippen LogP) is 5.57. The quantitative estimate of drug-likeness (QED) is 0.581. The van der Waals surface area contributed by atoms with E-state index in [4.69, 9.17) is 23.2 Å². The Morgan fingerprint density at radius 1 is 0.938 bits per heavy atom. The van der Waals surface area contributed by atoms with Crippen LogP contribution in [-0.4, -0.2) is 0 Å². The highest BCUT2D eigenvalue weighted by atomic mass is 127. The zero-order valence-electron chi connectivity index (χ0n) is 8.60. The summed E-state index contributed by atoms with van der Waals surface area (Å²) in [6, 6.07) is 11.9. The molecular formula is C13H9Cl2I. The van der Waals surface area contributed by atoms with E-state index in [-0.39, 0.29) is 0 Å². The summed E-state index contributed by atoms with van der Waals surface area (Å²) in [6.07, 6.45) is 0. The first-order valence-electron chi connectivity index (χ1n) is 4.79. The minimum atomic E-state index is 0.663. The van der Waals surface area contributed by atoms with Crippen molar-refractivity contribution in [3.63, 3.8) is 0 Å². The van der Waals surface area contributed by atoms with Gasteiger partial charge in [-0.3, -0.25) is 0 Å². The third-order valence-corrected chi connectivity index (χ3v) is 3.79. The van der Waals surface area contributed by atoms with E-state index >= 15 is 0 Å². The van der Waals surface area contributed by atoms with Crippen LogP contribution in [0.4, 0.5) is 0 Å². The maximum atomic E-state index is 6.19. The van der Waals surface area contributed by atoms with Gasteiger partial charge in [0, 0.05) is 19.2 Å². The van der Waals surface area contributed by atoms with Gasteiger partial charge in [-0.1, -0.05) is 47.0 Å². The van der Waals surface area contributed by atoms with Gasteiger partial charge in [0.25, 0.3) is 0 Å². The fourth-order valence-electron chi connectivity index (χ4n) is 1.55. The SMILES string of the molecule is Cc1ccc(-c2ccc(Cl)cc2Cl)c(I)c1. The van der Waals surface area contributed by atoms with Crippen molar-refractivity contribution < 1.29 is 0 Å². The van der Waals surface area contributed by atoms with Crippen LogP contribution < -0.4 is 0 Å². The minimum Gasteiger partial charge on any atom is -0.0843 e. The van der Waals surface area contributed by atoms with Gasteiger partial charge in [-0.2, -0.15) is 0 Å². The highest BCUT2D eigenvalue weighted by Crippen LogP contribution is 2.33. The van der Waals surface area contributed by atoms with Crippen LogP contribution in [0.3, 0.4) is 0 Å². The van der Waals surface area contributed by atoms with Gasteiger partial charge in [0.1, 0.15) is 0 Å². The highest BCUT2D eigenvalue weighted by molar-refractivity contribution is 14.1. The molecule has 0 aliphatic rings. The molecule has 0 spiro atoms. The molecular weight excluding hydrogens is 354 g/mol. The molecule has 0 nitrogen and oxygen atoms in total. The molecule has 2 aromatic carbocycles. The van der Waals surface area contributed by atoms with E-state index in [2.05, 4.69) is 47.7 Å². The number of benzene rings is 2. The summed E-state index contributed by atoms with van der Waals surface area (Å²) in [5, 5.41) is 1.35. The fourth-order valence-corrected chi connectivity index (χ4v) is 3.02. The number of hydrogen-bond donors (Lipinski definition) is 0. The number of aryl methyl sites for hydroxylation is 1. The van der Waals surface area contributed by atoms with Crippen LogP contribution in [0.15, 0.2) is 36.4 Å². The molecule has 0 fully saturated rings. The number of halogens is 3. The smallest absolute Gasteiger partial charge is 0.0499 e. The van der Waals surface area contributed by atoms with Crippen LogP contribution in [-0.2, 0) is 0 Å². The summed E-state index contributed by atoms with van der Waals surface area (Å²) in [5.74, 6) is 0. The maximum Gasteiger partial charge on any atom is 0.0499 e. The average molecular weight is 363 g/mol. The first-order valence-corrected chi connectivity index (χ1v) is 6.63. The van der Waals surface area contributed by atoms with Crippen molar-refractivity contribution >= 4 is 45.8 Å². The summed E-state index contributed by atoms with van der Waals surface area (Å²) in [6.45, 7) is 2.08. The second-order valence-corrected chi connectivity index (χ2v) is 5.61. The lowest BCUT2D eigenvalue weighted by atomic mass is 10.0. The number of hydrogen-bond acceptors (Lipinski definition) is 0. The topological polar surface area (TPSA) is 0 Å². The molecule has 0 atom stereocenters. The zero-order chi connectivity index (χ0) is 11.7. The van der Waals surface area contributed by atoms with Crippen molar-refractivity contribution in [3.8, 4) is 11.1 Å². The highest BCUT2D eigenvalue weighted by Gasteiger charge is 2.07. The summed E-state index contributed by atoms with van der Waals surface area (Å²) in [5.41, 5.74) is 3.42. The van der Waals surface area contributed by atoms with Crippen molar-refractivity contribution in [1.82, 2.24) is 0 Å². The van der Waals surface area contributed by atoms with E-state index in [1.165, 1.54) is 9.13 Å². The van der Waals surface area contributed by atoms with E-state index in [1.54, 1.807) is 6.07 Å². The summed E-state index contributed by atoms with van der Waals surface area (Å²) >= 11 is 14.4. The van der Waals surface area contributed by atoms with Crippen molar-refractivity contribution in [2.45, 2.75) is 6.92 Å². The van der Waals surface area contributed by atoms with Gasteiger partial charge in [-0.15, -0.1) is 0 Å². The van der Waals surface area contributed by atoms with Crippen molar-refractivity contribution in [2.75, 3.05) is 0 Å².